The Labute approximate surface area is 105 Å². The zero-order valence-electron chi connectivity index (χ0n) is 11.4. The molecule has 0 radical (unpaired) electrons. The van der Waals surface area contributed by atoms with Crippen LogP contribution in [0.4, 0.5) is 0 Å². The van der Waals surface area contributed by atoms with Gasteiger partial charge in [0, 0.05) is 30.6 Å². The summed E-state index contributed by atoms with van der Waals surface area (Å²) in [6.45, 7) is 9.06. The van der Waals surface area contributed by atoms with Crippen LogP contribution in [0, 0.1) is 17.3 Å². The minimum absolute atomic E-state index is 0.295. The van der Waals surface area contributed by atoms with E-state index in [1.807, 2.05) is 0 Å². The van der Waals surface area contributed by atoms with Crippen molar-refractivity contribution in [2.24, 2.45) is 17.3 Å². The first-order valence-corrected chi connectivity index (χ1v) is 7.03. The highest BCUT2D eigenvalue weighted by Gasteiger charge is 2.58. The van der Waals surface area contributed by atoms with Crippen molar-refractivity contribution in [2.45, 2.75) is 52.2 Å². The molecule has 100 valence electrons. The molecule has 3 nitrogen and oxygen atoms in total. The first-order chi connectivity index (χ1) is 8.07. The van der Waals surface area contributed by atoms with Gasteiger partial charge in [0.25, 0.3) is 0 Å². The van der Waals surface area contributed by atoms with Gasteiger partial charge in [-0.15, -0.1) is 0 Å². The lowest BCUT2D eigenvalue weighted by molar-refractivity contribution is -0.112. The van der Waals surface area contributed by atoms with Gasteiger partial charge in [0.2, 0.25) is 0 Å². The maximum absolute atomic E-state index is 8.97. The van der Waals surface area contributed by atoms with Gasteiger partial charge in [0.05, 0.1) is 6.10 Å². The van der Waals surface area contributed by atoms with E-state index in [1.165, 1.54) is 6.42 Å². The molecule has 1 aliphatic carbocycles. The molecule has 1 aliphatic heterocycles. The molecule has 2 rings (SSSR count). The van der Waals surface area contributed by atoms with Crippen LogP contribution in [-0.2, 0) is 4.74 Å². The smallest absolute Gasteiger partial charge is 0.0685 e. The van der Waals surface area contributed by atoms with Crippen molar-refractivity contribution in [3.05, 3.63) is 0 Å². The number of hydrogen-bond donors (Lipinski definition) is 2. The quantitative estimate of drug-likeness (QED) is 0.697. The molecule has 1 heterocycles. The summed E-state index contributed by atoms with van der Waals surface area (Å²) in [7, 11) is 0. The Bertz CT molecular complexity index is 255. The summed E-state index contributed by atoms with van der Waals surface area (Å²) in [6, 6.07) is 0.624. The molecule has 0 aromatic rings. The van der Waals surface area contributed by atoms with E-state index in [4.69, 9.17) is 9.84 Å². The number of aliphatic hydroxyl groups is 1. The number of aliphatic hydroxyl groups excluding tert-OH is 1. The van der Waals surface area contributed by atoms with Crippen LogP contribution in [0.15, 0.2) is 0 Å². The lowest BCUT2D eigenvalue weighted by atomic mass is 9.57. The number of ether oxygens (including phenoxy) is 1. The molecular weight excluding hydrogens is 214 g/mol. The zero-order valence-corrected chi connectivity index (χ0v) is 11.4. The molecule has 0 bridgehead atoms. The molecule has 0 aromatic heterocycles. The highest BCUT2D eigenvalue weighted by Crippen LogP contribution is 2.51. The lowest BCUT2D eigenvalue weighted by Gasteiger charge is -2.55. The molecule has 0 amide bonds. The van der Waals surface area contributed by atoms with Crippen LogP contribution >= 0.6 is 0 Å². The van der Waals surface area contributed by atoms with Crippen LogP contribution in [0.5, 0.6) is 0 Å². The van der Waals surface area contributed by atoms with Crippen LogP contribution < -0.4 is 5.32 Å². The molecule has 4 atom stereocenters. The van der Waals surface area contributed by atoms with Gasteiger partial charge in [0.15, 0.2) is 0 Å². The topological polar surface area (TPSA) is 41.5 Å². The minimum atomic E-state index is 0.295. The zero-order chi connectivity index (χ0) is 12.5. The molecule has 2 aliphatic rings. The second kappa shape index (κ2) is 5.25. The van der Waals surface area contributed by atoms with Gasteiger partial charge in [-0.25, -0.2) is 0 Å². The van der Waals surface area contributed by atoms with Gasteiger partial charge in [-0.1, -0.05) is 20.8 Å². The summed E-state index contributed by atoms with van der Waals surface area (Å²) in [5.74, 6) is 1.18. The predicted octanol–water partition coefficient (Wildman–Crippen LogP) is 1.80. The Morgan fingerprint density at radius 2 is 2.24 bits per heavy atom. The second-order valence-corrected chi connectivity index (χ2v) is 6.43. The second-order valence-electron chi connectivity index (χ2n) is 6.43. The highest BCUT2D eigenvalue weighted by molar-refractivity contribution is 5.11. The first kappa shape index (κ1) is 13.3. The predicted molar refractivity (Wildman–Crippen MR) is 68.9 cm³/mol. The van der Waals surface area contributed by atoms with Gasteiger partial charge in [-0.2, -0.15) is 0 Å². The van der Waals surface area contributed by atoms with E-state index in [1.54, 1.807) is 0 Å². The van der Waals surface area contributed by atoms with E-state index < -0.39 is 0 Å². The number of hydrogen-bond acceptors (Lipinski definition) is 3. The van der Waals surface area contributed by atoms with Crippen molar-refractivity contribution in [3.8, 4) is 0 Å². The third-order valence-electron chi connectivity index (χ3n) is 4.65. The fraction of sp³-hybridized carbons (Fsp3) is 1.00. The summed E-state index contributed by atoms with van der Waals surface area (Å²) >= 11 is 0. The molecule has 2 N–H and O–H groups in total. The third kappa shape index (κ3) is 2.51. The summed E-state index contributed by atoms with van der Waals surface area (Å²) < 4.78 is 5.79. The van der Waals surface area contributed by atoms with Crippen molar-refractivity contribution in [2.75, 3.05) is 19.8 Å². The molecule has 0 aromatic carbocycles. The van der Waals surface area contributed by atoms with E-state index in [0.717, 1.165) is 31.9 Å². The maximum atomic E-state index is 8.97. The van der Waals surface area contributed by atoms with E-state index in [-0.39, 0.29) is 0 Å². The van der Waals surface area contributed by atoms with Crippen LogP contribution in [-0.4, -0.2) is 37.0 Å². The molecule has 17 heavy (non-hydrogen) atoms. The Morgan fingerprint density at radius 1 is 1.47 bits per heavy atom. The van der Waals surface area contributed by atoms with Crippen LogP contribution in [0.1, 0.15) is 40.0 Å². The lowest BCUT2D eigenvalue weighted by Crippen LogP contribution is -2.65. The van der Waals surface area contributed by atoms with Crippen LogP contribution in [0.3, 0.4) is 0 Å². The van der Waals surface area contributed by atoms with Crippen molar-refractivity contribution < 1.29 is 9.84 Å². The molecule has 4 unspecified atom stereocenters. The van der Waals surface area contributed by atoms with E-state index in [9.17, 15) is 0 Å². The van der Waals surface area contributed by atoms with Gasteiger partial charge in [-0.05, 0) is 31.7 Å². The van der Waals surface area contributed by atoms with Crippen molar-refractivity contribution in [1.82, 2.24) is 5.32 Å². The first-order valence-electron chi connectivity index (χ1n) is 7.03. The number of fused-ring (bicyclic) bond motifs is 1. The van der Waals surface area contributed by atoms with Crippen LogP contribution in [0.25, 0.3) is 0 Å². The largest absolute Gasteiger partial charge is 0.396 e. The van der Waals surface area contributed by atoms with Gasteiger partial charge in [0.1, 0.15) is 0 Å². The van der Waals surface area contributed by atoms with Gasteiger partial charge < -0.3 is 15.2 Å². The molecule has 2 fully saturated rings. The normalized spacial score (nSPS) is 36.4. The Balaban J connectivity index is 1.69. The minimum Gasteiger partial charge on any atom is -0.396 e. The standard InChI is InChI=1S/C14H27NO2/c1-10(9-16)5-4-7-15-12-11-6-8-17-13(11)14(12,2)3/h10-13,15-16H,4-9H2,1-3H3. The highest BCUT2D eigenvalue weighted by atomic mass is 16.5. The Hall–Kier alpha value is -0.120. The monoisotopic (exact) mass is 241 g/mol. The molecule has 1 saturated carbocycles. The fourth-order valence-electron chi connectivity index (χ4n) is 3.54. The van der Waals surface area contributed by atoms with E-state index in [2.05, 4.69) is 26.1 Å². The summed E-state index contributed by atoms with van der Waals surface area (Å²) in [6.07, 6.45) is 3.98. The van der Waals surface area contributed by atoms with Gasteiger partial charge in [-0.3, -0.25) is 0 Å². The number of nitrogens with one attached hydrogen (secondary N) is 1. The van der Waals surface area contributed by atoms with Gasteiger partial charge >= 0.3 is 0 Å². The Kier molecular flexibility index (Phi) is 4.11. The average molecular weight is 241 g/mol. The van der Waals surface area contributed by atoms with E-state index in [0.29, 0.717) is 30.1 Å². The Morgan fingerprint density at radius 3 is 2.94 bits per heavy atom. The van der Waals surface area contributed by atoms with Crippen molar-refractivity contribution >= 4 is 0 Å². The molecule has 3 heteroatoms. The average Bonchev–Trinajstić information content (AvgIpc) is 2.74. The summed E-state index contributed by atoms with van der Waals surface area (Å²) in [4.78, 5) is 0. The maximum Gasteiger partial charge on any atom is 0.0685 e. The fourth-order valence-corrected chi connectivity index (χ4v) is 3.54. The molecule has 1 saturated heterocycles. The molecular formula is C14H27NO2. The number of rotatable bonds is 6. The SMILES string of the molecule is CC(CO)CCCNC1C2CCOC2C1(C)C. The van der Waals surface area contributed by atoms with E-state index >= 15 is 0 Å². The summed E-state index contributed by atoms with van der Waals surface area (Å²) in [5, 5.41) is 12.7. The van der Waals surface area contributed by atoms with Crippen molar-refractivity contribution in [3.63, 3.8) is 0 Å². The van der Waals surface area contributed by atoms with Crippen molar-refractivity contribution in [1.29, 1.82) is 0 Å². The third-order valence-corrected chi connectivity index (χ3v) is 4.65. The summed E-state index contributed by atoms with van der Waals surface area (Å²) in [5.41, 5.74) is 0.295. The molecule has 0 spiro atoms. The van der Waals surface area contributed by atoms with Crippen LogP contribution in [0.2, 0.25) is 0 Å².